The number of fused-ring (bicyclic) bond motifs is 2. The lowest BCUT2D eigenvalue weighted by Crippen LogP contribution is -2.25. The molecule has 0 unspecified atom stereocenters. The van der Waals surface area contributed by atoms with Gasteiger partial charge in [-0.25, -0.2) is 0 Å². The SMILES string of the molecule is C[C@H](CCCC1=CCc2ccccc21)NCc1ccc2cnccc2c1.Cl. The number of nitrogens with zero attached hydrogens (tertiary/aromatic N) is 1. The summed E-state index contributed by atoms with van der Waals surface area (Å²) in [6, 6.07) is 18.0. The lowest BCUT2D eigenvalue weighted by atomic mass is 10.00. The van der Waals surface area contributed by atoms with E-state index in [1.54, 1.807) is 0 Å². The molecule has 1 heterocycles. The topological polar surface area (TPSA) is 24.9 Å². The van der Waals surface area contributed by atoms with E-state index >= 15 is 0 Å². The Morgan fingerprint density at radius 2 is 1.96 bits per heavy atom. The minimum atomic E-state index is 0. The molecule has 0 amide bonds. The largest absolute Gasteiger partial charge is 0.310 e. The molecule has 1 aliphatic rings. The molecule has 3 aromatic rings. The maximum Gasteiger partial charge on any atom is 0.0346 e. The maximum atomic E-state index is 4.18. The average Bonchev–Trinajstić information content (AvgIpc) is 3.09. The van der Waals surface area contributed by atoms with Crippen LogP contribution in [0, 0.1) is 0 Å². The second kappa shape index (κ2) is 9.16. The van der Waals surface area contributed by atoms with Crippen molar-refractivity contribution in [3.63, 3.8) is 0 Å². The third-order valence-corrected chi connectivity index (χ3v) is 5.37. The van der Waals surface area contributed by atoms with E-state index in [0.29, 0.717) is 6.04 Å². The summed E-state index contributed by atoms with van der Waals surface area (Å²) in [7, 11) is 0. The highest BCUT2D eigenvalue weighted by molar-refractivity contribution is 5.85. The summed E-state index contributed by atoms with van der Waals surface area (Å²) >= 11 is 0. The summed E-state index contributed by atoms with van der Waals surface area (Å²) in [5, 5.41) is 6.14. The van der Waals surface area contributed by atoms with Gasteiger partial charge in [0.15, 0.2) is 0 Å². The van der Waals surface area contributed by atoms with Gasteiger partial charge in [-0.15, -0.1) is 12.4 Å². The fourth-order valence-electron chi connectivity index (χ4n) is 3.83. The smallest absolute Gasteiger partial charge is 0.0346 e. The van der Waals surface area contributed by atoms with E-state index in [4.69, 9.17) is 0 Å². The fraction of sp³-hybridized carbons (Fsp3) is 0.292. The van der Waals surface area contributed by atoms with Crippen LogP contribution in [0.3, 0.4) is 0 Å². The number of halogens is 1. The third kappa shape index (κ3) is 4.77. The zero-order valence-electron chi connectivity index (χ0n) is 15.8. The van der Waals surface area contributed by atoms with Gasteiger partial charge in [0.2, 0.25) is 0 Å². The molecule has 2 nitrogen and oxygen atoms in total. The molecule has 4 rings (SSSR count). The predicted octanol–water partition coefficient (Wildman–Crippen LogP) is 5.94. The van der Waals surface area contributed by atoms with Crippen molar-refractivity contribution in [2.75, 3.05) is 0 Å². The Labute approximate surface area is 168 Å². The highest BCUT2D eigenvalue weighted by atomic mass is 35.5. The molecule has 0 fully saturated rings. The number of rotatable bonds is 7. The normalized spacial score (nSPS) is 13.7. The fourth-order valence-corrected chi connectivity index (χ4v) is 3.83. The second-order valence-corrected chi connectivity index (χ2v) is 7.32. The summed E-state index contributed by atoms with van der Waals surface area (Å²) in [5.74, 6) is 0. The molecule has 2 aromatic carbocycles. The first-order valence-corrected chi connectivity index (χ1v) is 9.63. The zero-order valence-corrected chi connectivity index (χ0v) is 16.6. The van der Waals surface area contributed by atoms with Crippen molar-refractivity contribution in [2.45, 2.75) is 45.2 Å². The Morgan fingerprint density at radius 3 is 2.89 bits per heavy atom. The van der Waals surface area contributed by atoms with Crippen LogP contribution in [0.1, 0.15) is 42.9 Å². The summed E-state index contributed by atoms with van der Waals surface area (Å²) in [4.78, 5) is 4.18. The molecular weight excluding hydrogens is 352 g/mol. The molecule has 0 saturated carbocycles. The minimum absolute atomic E-state index is 0. The van der Waals surface area contributed by atoms with Gasteiger partial charge in [-0.3, -0.25) is 4.98 Å². The number of aromatic nitrogens is 1. The van der Waals surface area contributed by atoms with E-state index in [-0.39, 0.29) is 12.4 Å². The number of benzene rings is 2. The van der Waals surface area contributed by atoms with Crippen molar-refractivity contribution in [3.05, 3.63) is 83.7 Å². The number of hydrogen-bond donors (Lipinski definition) is 1. The molecule has 0 bridgehead atoms. The van der Waals surface area contributed by atoms with Crippen molar-refractivity contribution in [2.24, 2.45) is 0 Å². The number of hydrogen-bond acceptors (Lipinski definition) is 2. The van der Waals surface area contributed by atoms with Crippen LogP contribution < -0.4 is 5.32 Å². The quantitative estimate of drug-likeness (QED) is 0.549. The molecule has 3 heteroatoms. The molecule has 27 heavy (non-hydrogen) atoms. The van der Waals surface area contributed by atoms with Gasteiger partial charge >= 0.3 is 0 Å². The number of pyridine rings is 1. The van der Waals surface area contributed by atoms with Crippen LogP contribution >= 0.6 is 12.4 Å². The van der Waals surface area contributed by atoms with Gasteiger partial charge in [0.05, 0.1) is 0 Å². The van der Waals surface area contributed by atoms with Crippen LogP contribution in [0.15, 0.2) is 67.0 Å². The first-order valence-electron chi connectivity index (χ1n) is 9.63. The molecule has 1 aliphatic carbocycles. The lowest BCUT2D eigenvalue weighted by Gasteiger charge is -2.14. The van der Waals surface area contributed by atoms with Crippen LogP contribution in [0.25, 0.3) is 16.3 Å². The predicted molar refractivity (Wildman–Crippen MR) is 117 cm³/mol. The van der Waals surface area contributed by atoms with Crippen LogP contribution in [-0.4, -0.2) is 11.0 Å². The molecule has 0 saturated heterocycles. The van der Waals surface area contributed by atoms with Gasteiger partial charge in [0.25, 0.3) is 0 Å². The summed E-state index contributed by atoms with van der Waals surface area (Å²) in [6.45, 7) is 3.22. The van der Waals surface area contributed by atoms with E-state index in [0.717, 1.165) is 13.0 Å². The highest BCUT2D eigenvalue weighted by Crippen LogP contribution is 2.30. The van der Waals surface area contributed by atoms with E-state index in [9.17, 15) is 0 Å². The minimum Gasteiger partial charge on any atom is -0.310 e. The van der Waals surface area contributed by atoms with Crippen molar-refractivity contribution in [1.82, 2.24) is 10.3 Å². The molecule has 0 spiro atoms. The Balaban J connectivity index is 0.00000210. The molecule has 1 N–H and O–H groups in total. The second-order valence-electron chi connectivity index (χ2n) is 7.32. The first kappa shape index (κ1) is 19.6. The summed E-state index contributed by atoms with van der Waals surface area (Å²) in [6.07, 6.45) is 10.9. The molecule has 140 valence electrons. The van der Waals surface area contributed by atoms with E-state index in [1.807, 2.05) is 12.4 Å². The Bertz CT molecular complexity index is 932. The Hall–Kier alpha value is -2.16. The first-order chi connectivity index (χ1) is 12.8. The van der Waals surface area contributed by atoms with Gasteiger partial charge in [-0.05, 0) is 72.4 Å². The Morgan fingerprint density at radius 1 is 1.07 bits per heavy atom. The van der Waals surface area contributed by atoms with E-state index in [2.05, 4.69) is 71.8 Å². The average molecular weight is 379 g/mol. The van der Waals surface area contributed by atoms with E-state index < -0.39 is 0 Å². The molecule has 0 aliphatic heterocycles. The maximum absolute atomic E-state index is 4.18. The highest BCUT2D eigenvalue weighted by Gasteiger charge is 2.13. The summed E-state index contributed by atoms with van der Waals surface area (Å²) in [5.41, 5.74) is 5.83. The summed E-state index contributed by atoms with van der Waals surface area (Å²) < 4.78 is 0. The van der Waals surface area contributed by atoms with Crippen LogP contribution in [0.2, 0.25) is 0 Å². The van der Waals surface area contributed by atoms with Gasteiger partial charge in [-0.1, -0.05) is 42.5 Å². The molecule has 0 radical (unpaired) electrons. The van der Waals surface area contributed by atoms with Crippen LogP contribution in [0.4, 0.5) is 0 Å². The van der Waals surface area contributed by atoms with Gasteiger partial charge in [0.1, 0.15) is 0 Å². The Kier molecular flexibility index (Phi) is 6.65. The van der Waals surface area contributed by atoms with Crippen LogP contribution in [-0.2, 0) is 13.0 Å². The van der Waals surface area contributed by atoms with Crippen molar-refractivity contribution in [1.29, 1.82) is 0 Å². The monoisotopic (exact) mass is 378 g/mol. The van der Waals surface area contributed by atoms with Crippen LogP contribution in [0.5, 0.6) is 0 Å². The zero-order chi connectivity index (χ0) is 17.8. The standard InChI is InChI=1S/C24H26N2.ClH/c1-18(5-4-7-21-12-11-20-6-2-3-8-24(20)21)26-16-19-9-10-23-17-25-14-13-22(23)15-19;/h2-3,6,8-10,12-15,17-18,26H,4-5,7,11,16H2,1H3;1H/t18-;/m1./s1. The number of allylic oxidation sites excluding steroid dienone is 2. The van der Waals surface area contributed by atoms with Crippen molar-refractivity contribution < 1.29 is 0 Å². The molecule has 1 aromatic heterocycles. The lowest BCUT2D eigenvalue weighted by molar-refractivity contribution is 0.501. The molecule has 1 atom stereocenters. The van der Waals surface area contributed by atoms with Crippen molar-refractivity contribution in [3.8, 4) is 0 Å². The van der Waals surface area contributed by atoms with Gasteiger partial charge in [0, 0.05) is 30.4 Å². The molecular formula is C24H27ClN2. The van der Waals surface area contributed by atoms with E-state index in [1.165, 1.54) is 52.3 Å². The van der Waals surface area contributed by atoms with Gasteiger partial charge < -0.3 is 5.32 Å². The third-order valence-electron chi connectivity index (χ3n) is 5.37. The van der Waals surface area contributed by atoms with Gasteiger partial charge in [-0.2, -0.15) is 0 Å². The van der Waals surface area contributed by atoms with Crippen molar-refractivity contribution >= 4 is 28.8 Å². The number of nitrogens with one attached hydrogen (secondary N) is 1.